The molecule has 1 aliphatic rings. The number of aromatic nitrogens is 2. The molecule has 32 heavy (non-hydrogen) atoms. The van der Waals surface area contributed by atoms with Crippen molar-refractivity contribution in [1.82, 2.24) is 15.1 Å². The number of para-hydroxylation sites is 1. The number of carbonyl (C=O) groups excluding carboxylic acids is 2. The van der Waals surface area contributed by atoms with E-state index < -0.39 is 16.4 Å². The molecule has 3 aromatic rings. The van der Waals surface area contributed by atoms with Gasteiger partial charge in [-0.2, -0.15) is 5.10 Å². The molecular formula is C23H23N5O4. The number of hydrogen-bond donors (Lipinski definition) is 2. The highest BCUT2D eigenvalue weighted by atomic mass is 16.6. The minimum atomic E-state index is -1.000. The molecule has 3 N–H and O–H groups in total. The maximum Gasteiger partial charge on any atom is 0.269 e. The standard InChI is InChI=1S/C23H23N5O4/c24-22(30)23(12-4-5-13-23)25-20(29)14-17-15-27(18-6-2-1-3-7-18)26-21(17)16-8-10-19(11-9-16)28(31)32/h1-3,6-11,15H,4-5,12-14H2,(H2,24,30)(H,25,29). The van der Waals surface area contributed by atoms with Gasteiger partial charge in [-0.25, -0.2) is 4.68 Å². The van der Waals surface area contributed by atoms with Crippen LogP contribution in [-0.4, -0.2) is 32.1 Å². The predicted molar refractivity (Wildman–Crippen MR) is 118 cm³/mol. The van der Waals surface area contributed by atoms with Crippen LogP contribution in [0.5, 0.6) is 0 Å². The fourth-order valence-corrected chi connectivity index (χ4v) is 4.13. The third kappa shape index (κ3) is 4.22. The van der Waals surface area contributed by atoms with Crippen LogP contribution in [-0.2, 0) is 16.0 Å². The predicted octanol–water partition coefficient (Wildman–Crippen LogP) is 2.90. The average molecular weight is 433 g/mol. The second-order valence-electron chi connectivity index (χ2n) is 7.97. The molecule has 0 aliphatic heterocycles. The Morgan fingerprint density at radius 3 is 2.34 bits per heavy atom. The Hall–Kier alpha value is -4.01. The number of nitrogens with one attached hydrogen (secondary N) is 1. The van der Waals surface area contributed by atoms with Gasteiger partial charge in [0.05, 0.1) is 22.7 Å². The molecule has 0 bridgehead atoms. The fourth-order valence-electron chi connectivity index (χ4n) is 4.13. The molecule has 2 aromatic carbocycles. The Balaban J connectivity index is 1.66. The highest BCUT2D eigenvalue weighted by Gasteiger charge is 2.40. The van der Waals surface area contributed by atoms with Crippen LogP contribution in [0.15, 0.2) is 60.8 Å². The number of rotatable bonds is 7. The highest BCUT2D eigenvalue weighted by molar-refractivity contribution is 5.91. The summed E-state index contributed by atoms with van der Waals surface area (Å²) < 4.78 is 1.67. The first kappa shape index (κ1) is 21.2. The summed E-state index contributed by atoms with van der Waals surface area (Å²) >= 11 is 0. The summed E-state index contributed by atoms with van der Waals surface area (Å²) in [4.78, 5) is 35.4. The second-order valence-corrected chi connectivity index (χ2v) is 7.97. The fraction of sp³-hybridized carbons (Fsp3) is 0.261. The highest BCUT2D eigenvalue weighted by Crippen LogP contribution is 2.30. The van der Waals surface area contributed by atoms with Crippen LogP contribution in [0.3, 0.4) is 0 Å². The summed E-state index contributed by atoms with van der Waals surface area (Å²) in [7, 11) is 0. The third-order valence-corrected chi connectivity index (χ3v) is 5.82. The van der Waals surface area contributed by atoms with E-state index >= 15 is 0 Å². The van der Waals surface area contributed by atoms with Gasteiger partial charge in [-0.05, 0) is 37.1 Å². The number of primary amides is 1. The van der Waals surface area contributed by atoms with Crippen molar-refractivity contribution >= 4 is 17.5 Å². The number of nitrogens with two attached hydrogens (primary N) is 1. The van der Waals surface area contributed by atoms with E-state index in [9.17, 15) is 19.7 Å². The van der Waals surface area contributed by atoms with Crippen LogP contribution in [0, 0.1) is 10.1 Å². The van der Waals surface area contributed by atoms with Crippen molar-refractivity contribution in [2.24, 2.45) is 5.73 Å². The average Bonchev–Trinajstić information content (AvgIpc) is 3.42. The number of nitrogens with zero attached hydrogens (tertiary/aromatic N) is 3. The van der Waals surface area contributed by atoms with Crippen LogP contribution in [0.2, 0.25) is 0 Å². The largest absolute Gasteiger partial charge is 0.368 e. The van der Waals surface area contributed by atoms with E-state index in [4.69, 9.17) is 5.73 Å². The Kier molecular flexibility index (Phi) is 5.72. The van der Waals surface area contributed by atoms with Gasteiger partial charge in [0.25, 0.3) is 5.69 Å². The van der Waals surface area contributed by atoms with E-state index in [1.54, 1.807) is 23.0 Å². The number of nitro benzene ring substituents is 1. The first-order chi connectivity index (χ1) is 15.4. The number of carbonyl (C=O) groups is 2. The molecule has 4 rings (SSSR count). The summed E-state index contributed by atoms with van der Waals surface area (Å²) in [6.07, 6.45) is 4.50. The van der Waals surface area contributed by atoms with E-state index in [0.717, 1.165) is 18.5 Å². The maximum absolute atomic E-state index is 12.9. The summed E-state index contributed by atoms with van der Waals surface area (Å²) in [5, 5.41) is 18.5. The quantitative estimate of drug-likeness (QED) is 0.437. The van der Waals surface area contributed by atoms with Gasteiger partial charge in [0, 0.05) is 29.5 Å². The lowest BCUT2D eigenvalue weighted by molar-refractivity contribution is -0.384. The molecule has 0 spiro atoms. The zero-order chi connectivity index (χ0) is 22.7. The number of amides is 2. The molecule has 0 radical (unpaired) electrons. The van der Waals surface area contributed by atoms with E-state index in [0.29, 0.717) is 29.7 Å². The van der Waals surface area contributed by atoms with Gasteiger partial charge in [-0.3, -0.25) is 19.7 Å². The molecule has 164 valence electrons. The molecule has 0 atom stereocenters. The number of benzene rings is 2. The van der Waals surface area contributed by atoms with Crippen molar-refractivity contribution in [3.63, 3.8) is 0 Å². The Bertz CT molecular complexity index is 1150. The minimum absolute atomic E-state index is 0.00577. The second kappa shape index (κ2) is 8.62. The lowest BCUT2D eigenvalue weighted by atomic mass is 9.96. The zero-order valence-electron chi connectivity index (χ0n) is 17.4. The molecule has 9 heteroatoms. The van der Waals surface area contributed by atoms with Gasteiger partial charge in [0.1, 0.15) is 5.54 Å². The molecule has 0 unspecified atom stereocenters. The van der Waals surface area contributed by atoms with Crippen molar-refractivity contribution in [2.75, 3.05) is 0 Å². The molecule has 1 heterocycles. The van der Waals surface area contributed by atoms with Gasteiger partial charge < -0.3 is 11.1 Å². The molecule has 0 saturated heterocycles. The molecule has 1 fully saturated rings. The van der Waals surface area contributed by atoms with Gasteiger partial charge in [0.15, 0.2) is 0 Å². The molecule has 2 amide bonds. The van der Waals surface area contributed by atoms with Gasteiger partial charge in [-0.1, -0.05) is 31.0 Å². The lowest BCUT2D eigenvalue weighted by Crippen LogP contribution is -2.56. The van der Waals surface area contributed by atoms with Crippen molar-refractivity contribution in [3.8, 4) is 16.9 Å². The van der Waals surface area contributed by atoms with Crippen molar-refractivity contribution < 1.29 is 14.5 Å². The van der Waals surface area contributed by atoms with Gasteiger partial charge >= 0.3 is 0 Å². The summed E-state index contributed by atoms with van der Waals surface area (Å²) in [6.45, 7) is 0. The normalized spacial score (nSPS) is 14.8. The monoisotopic (exact) mass is 433 g/mol. The third-order valence-electron chi connectivity index (χ3n) is 5.82. The summed E-state index contributed by atoms with van der Waals surface area (Å²) in [5.41, 5.74) is 7.20. The van der Waals surface area contributed by atoms with Crippen molar-refractivity contribution in [2.45, 2.75) is 37.6 Å². The lowest BCUT2D eigenvalue weighted by Gasteiger charge is -2.26. The zero-order valence-corrected chi connectivity index (χ0v) is 17.4. The minimum Gasteiger partial charge on any atom is -0.368 e. The summed E-state index contributed by atoms with van der Waals surface area (Å²) in [5.74, 6) is -0.833. The maximum atomic E-state index is 12.9. The van der Waals surface area contributed by atoms with Gasteiger partial charge in [-0.15, -0.1) is 0 Å². The Morgan fingerprint density at radius 2 is 1.75 bits per heavy atom. The molecule has 1 saturated carbocycles. The topological polar surface area (TPSA) is 133 Å². The summed E-state index contributed by atoms with van der Waals surface area (Å²) in [6, 6.07) is 15.5. The van der Waals surface area contributed by atoms with Gasteiger partial charge in [0.2, 0.25) is 11.8 Å². The first-order valence-electron chi connectivity index (χ1n) is 10.4. The van der Waals surface area contributed by atoms with E-state index in [1.807, 2.05) is 30.3 Å². The van der Waals surface area contributed by atoms with E-state index in [-0.39, 0.29) is 18.0 Å². The van der Waals surface area contributed by atoms with Crippen LogP contribution >= 0.6 is 0 Å². The molecular weight excluding hydrogens is 410 g/mol. The first-order valence-corrected chi connectivity index (χ1v) is 10.4. The van der Waals surface area contributed by atoms with E-state index in [2.05, 4.69) is 10.4 Å². The van der Waals surface area contributed by atoms with E-state index in [1.165, 1.54) is 12.1 Å². The Labute approximate surface area is 184 Å². The number of nitro groups is 1. The number of non-ortho nitro benzene ring substituents is 1. The van der Waals surface area contributed by atoms with Crippen molar-refractivity contribution in [1.29, 1.82) is 0 Å². The van der Waals surface area contributed by atoms with Crippen molar-refractivity contribution in [3.05, 3.63) is 76.5 Å². The smallest absolute Gasteiger partial charge is 0.269 e. The molecule has 9 nitrogen and oxygen atoms in total. The van der Waals surface area contributed by atoms with Crippen LogP contribution in [0.4, 0.5) is 5.69 Å². The molecule has 1 aromatic heterocycles. The van der Waals surface area contributed by atoms with Crippen LogP contribution in [0.1, 0.15) is 31.2 Å². The molecule has 1 aliphatic carbocycles. The SMILES string of the molecule is NC(=O)C1(NC(=O)Cc2cn(-c3ccccc3)nc2-c2ccc([N+](=O)[O-])cc2)CCCC1. The van der Waals surface area contributed by atoms with Crippen LogP contribution in [0.25, 0.3) is 16.9 Å². The Morgan fingerprint density at radius 1 is 1.09 bits per heavy atom. The van der Waals surface area contributed by atoms with Crippen LogP contribution < -0.4 is 11.1 Å². The number of hydrogen-bond acceptors (Lipinski definition) is 5.